The third kappa shape index (κ3) is 5.66. The van der Waals surface area contributed by atoms with Gasteiger partial charge in [0.2, 0.25) is 0 Å². The topological polar surface area (TPSA) is 0 Å². The Morgan fingerprint density at radius 2 is 1.18 bits per heavy atom. The Kier molecular flexibility index (Phi) is 7.33. The molecule has 0 heterocycles. The molecular weight excluding hydrogens is 436 g/mol. The zero-order valence-electron chi connectivity index (χ0n) is 18.9. The predicted molar refractivity (Wildman–Crippen MR) is 129 cm³/mol. The van der Waals surface area contributed by atoms with Gasteiger partial charge in [0, 0.05) is 16.7 Å². The molecule has 4 aromatic rings. The fourth-order valence-electron chi connectivity index (χ4n) is 3.91. The van der Waals surface area contributed by atoms with Crippen molar-refractivity contribution in [2.75, 3.05) is 0 Å². The Balaban J connectivity index is 1.42. The molecule has 0 aliphatic rings. The Morgan fingerprint density at radius 3 is 1.85 bits per heavy atom. The number of rotatable bonds is 6. The first-order valence-corrected chi connectivity index (χ1v) is 11.4. The maximum atomic E-state index is 14.4. The average molecular weight is 461 g/mol. The molecule has 34 heavy (non-hydrogen) atoms. The second-order valence-electron chi connectivity index (χ2n) is 8.42. The second-order valence-corrected chi connectivity index (χ2v) is 8.42. The summed E-state index contributed by atoms with van der Waals surface area (Å²) in [7, 11) is 0. The number of halogens is 4. The van der Waals surface area contributed by atoms with E-state index in [0.717, 1.165) is 30.0 Å². The summed E-state index contributed by atoms with van der Waals surface area (Å²) in [5, 5.41) is 1.19. The van der Waals surface area contributed by atoms with E-state index in [-0.39, 0.29) is 12.0 Å². The molecule has 0 unspecified atom stereocenters. The highest BCUT2D eigenvalue weighted by atomic mass is 19.2. The highest BCUT2D eigenvalue weighted by Crippen LogP contribution is 2.21. The lowest BCUT2D eigenvalue weighted by atomic mass is 9.99. The van der Waals surface area contributed by atoms with Gasteiger partial charge < -0.3 is 0 Å². The standard InChI is InChI=1S/C30H24F4/c1-2-3-4-23-16-27(31)26(28(32)17-23)14-12-21-7-5-20(6-8-21)9-10-22-11-13-24-18-29(33)30(34)19-25(24)15-22/h5-8,11,13,15-19H,2-4,12,14H2,1H3. The Labute approximate surface area is 197 Å². The Hall–Kier alpha value is -3.58. The molecular formula is C30H24F4. The van der Waals surface area contributed by atoms with Crippen molar-refractivity contribution in [2.45, 2.75) is 39.0 Å². The van der Waals surface area contributed by atoms with Crippen molar-refractivity contribution in [2.24, 2.45) is 0 Å². The van der Waals surface area contributed by atoms with Gasteiger partial charge in [-0.2, -0.15) is 0 Å². The summed E-state index contributed by atoms with van der Waals surface area (Å²) in [6.07, 6.45) is 3.37. The van der Waals surface area contributed by atoms with Crippen LogP contribution in [0.25, 0.3) is 10.8 Å². The molecule has 0 radical (unpaired) electrons. The molecule has 0 bridgehead atoms. The van der Waals surface area contributed by atoms with Gasteiger partial charge in [-0.15, -0.1) is 0 Å². The van der Waals surface area contributed by atoms with Crippen LogP contribution in [0.15, 0.2) is 66.7 Å². The quantitative estimate of drug-likeness (QED) is 0.202. The van der Waals surface area contributed by atoms with Crippen molar-refractivity contribution >= 4 is 10.8 Å². The monoisotopic (exact) mass is 460 g/mol. The van der Waals surface area contributed by atoms with Gasteiger partial charge in [-0.1, -0.05) is 43.4 Å². The smallest absolute Gasteiger partial charge is 0.159 e. The molecule has 0 aromatic heterocycles. The molecule has 172 valence electrons. The van der Waals surface area contributed by atoms with Crippen LogP contribution in [0.5, 0.6) is 0 Å². The van der Waals surface area contributed by atoms with Gasteiger partial charge in [0.15, 0.2) is 11.6 Å². The van der Waals surface area contributed by atoms with E-state index in [0.29, 0.717) is 34.7 Å². The third-order valence-corrected chi connectivity index (χ3v) is 5.87. The number of benzene rings is 4. The summed E-state index contributed by atoms with van der Waals surface area (Å²) >= 11 is 0. The van der Waals surface area contributed by atoms with E-state index in [2.05, 4.69) is 11.8 Å². The van der Waals surface area contributed by atoms with Crippen LogP contribution in [0.3, 0.4) is 0 Å². The van der Waals surface area contributed by atoms with E-state index >= 15 is 0 Å². The molecule has 0 spiro atoms. The van der Waals surface area contributed by atoms with Gasteiger partial charge in [0.25, 0.3) is 0 Å². The van der Waals surface area contributed by atoms with E-state index in [9.17, 15) is 17.6 Å². The summed E-state index contributed by atoms with van der Waals surface area (Å²) in [4.78, 5) is 0. The van der Waals surface area contributed by atoms with Crippen LogP contribution in [0, 0.1) is 35.1 Å². The molecule has 0 fully saturated rings. The van der Waals surface area contributed by atoms with Gasteiger partial charge in [0.1, 0.15) is 11.6 Å². The lowest BCUT2D eigenvalue weighted by Crippen LogP contribution is -2.01. The minimum atomic E-state index is -0.889. The van der Waals surface area contributed by atoms with Crippen molar-refractivity contribution in [1.29, 1.82) is 0 Å². The molecule has 0 saturated heterocycles. The van der Waals surface area contributed by atoms with Crippen LogP contribution in [0.1, 0.15) is 47.6 Å². The molecule has 0 aliphatic carbocycles. The van der Waals surface area contributed by atoms with Crippen LogP contribution in [-0.4, -0.2) is 0 Å². The van der Waals surface area contributed by atoms with Crippen molar-refractivity contribution < 1.29 is 17.6 Å². The zero-order chi connectivity index (χ0) is 24.1. The predicted octanol–water partition coefficient (Wildman–Crippen LogP) is 7.92. The summed E-state index contributed by atoms with van der Waals surface area (Å²) in [6, 6.07) is 17.9. The molecule has 4 heteroatoms. The minimum Gasteiger partial charge on any atom is -0.207 e. The largest absolute Gasteiger partial charge is 0.207 e. The zero-order valence-corrected chi connectivity index (χ0v) is 18.9. The number of hydrogen-bond acceptors (Lipinski definition) is 0. The Morgan fingerprint density at radius 1 is 0.559 bits per heavy atom. The molecule has 4 aromatic carbocycles. The average Bonchev–Trinajstić information content (AvgIpc) is 2.82. The normalized spacial score (nSPS) is 10.9. The highest BCUT2D eigenvalue weighted by molar-refractivity contribution is 5.84. The van der Waals surface area contributed by atoms with Crippen LogP contribution >= 0.6 is 0 Å². The first-order valence-electron chi connectivity index (χ1n) is 11.4. The second kappa shape index (κ2) is 10.6. The maximum absolute atomic E-state index is 14.4. The van der Waals surface area contributed by atoms with Gasteiger partial charge in [0.05, 0.1) is 0 Å². The molecule has 0 N–H and O–H groups in total. The molecule has 0 saturated carbocycles. The number of aryl methyl sites for hydroxylation is 2. The summed E-state index contributed by atoms with van der Waals surface area (Å²) in [6.45, 7) is 2.05. The van der Waals surface area contributed by atoms with Crippen molar-refractivity contribution in [3.8, 4) is 11.8 Å². The van der Waals surface area contributed by atoms with Crippen molar-refractivity contribution in [3.05, 3.63) is 118 Å². The first-order chi connectivity index (χ1) is 16.4. The van der Waals surface area contributed by atoms with E-state index in [1.54, 1.807) is 18.2 Å². The van der Waals surface area contributed by atoms with E-state index in [1.807, 2.05) is 31.2 Å². The molecule has 0 nitrogen and oxygen atoms in total. The fraction of sp³-hybridized carbons (Fsp3) is 0.200. The van der Waals surface area contributed by atoms with Crippen LogP contribution in [-0.2, 0) is 19.3 Å². The number of hydrogen-bond donors (Lipinski definition) is 0. The van der Waals surface area contributed by atoms with Crippen LogP contribution in [0.4, 0.5) is 17.6 Å². The number of unbranched alkanes of at least 4 members (excludes halogenated alkanes) is 1. The van der Waals surface area contributed by atoms with Crippen molar-refractivity contribution in [3.63, 3.8) is 0 Å². The maximum Gasteiger partial charge on any atom is 0.159 e. The number of fused-ring (bicyclic) bond motifs is 1. The van der Waals surface area contributed by atoms with Gasteiger partial charge in [-0.05, 0) is 96.1 Å². The molecule has 0 atom stereocenters. The third-order valence-electron chi connectivity index (χ3n) is 5.87. The summed E-state index contributed by atoms with van der Waals surface area (Å²) in [5.41, 5.74) is 3.26. The van der Waals surface area contributed by atoms with E-state index in [1.165, 1.54) is 18.2 Å². The fourth-order valence-corrected chi connectivity index (χ4v) is 3.91. The minimum absolute atomic E-state index is 0.122. The van der Waals surface area contributed by atoms with Gasteiger partial charge in [-0.25, -0.2) is 17.6 Å². The van der Waals surface area contributed by atoms with E-state index in [4.69, 9.17) is 0 Å². The SMILES string of the molecule is CCCCc1cc(F)c(CCc2ccc(C#Cc3ccc4cc(F)c(F)cc4c3)cc2)c(F)c1. The highest BCUT2D eigenvalue weighted by Gasteiger charge is 2.11. The lowest BCUT2D eigenvalue weighted by molar-refractivity contribution is 0.511. The Bertz CT molecular complexity index is 1350. The summed E-state index contributed by atoms with van der Waals surface area (Å²) in [5.74, 6) is 3.37. The molecule has 0 aliphatic heterocycles. The first kappa shape index (κ1) is 23.6. The van der Waals surface area contributed by atoms with Gasteiger partial charge in [-0.3, -0.25) is 0 Å². The summed E-state index contributed by atoms with van der Waals surface area (Å²) < 4.78 is 55.7. The lowest BCUT2D eigenvalue weighted by Gasteiger charge is -2.08. The van der Waals surface area contributed by atoms with Gasteiger partial charge >= 0.3 is 0 Å². The van der Waals surface area contributed by atoms with Crippen LogP contribution in [0.2, 0.25) is 0 Å². The van der Waals surface area contributed by atoms with Crippen molar-refractivity contribution in [1.82, 2.24) is 0 Å². The molecule has 0 amide bonds. The van der Waals surface area contributed by atoms with E-state index < -0.39 is 23.3 Å². The molecule has 4 rings (SSSR count). The van der Waals surface area contributed by atoms with Crippen LogP contribution < -0.4 is 0 Å².